The first kappa shape index (κ1) is 26.7. The van der Waals surface area contributed by atoms with Crippen LogP contribution in [-0.4, -0.2) is 51.6 Å². The van der Waals surface area contributed by atoms with Crippen LogP contribution in [0.5, 0.6) is 11.5 Å². The first-order chi connectivity index (χ1) is 17.0. The lowest BCUT2D eigenvalue weighted by Gasteiger charge is -2.38. The zero-order valence-corrected chi connectivity index (χ0v) is 21.6. The van der Waals surface area contributed by atoms with Crippen LogP contribution in [0.15, 0.2) is 42.5 Å². The summed E-state index contributed by atoms with van der Waals surface area (Å²) in [5, 5.41) is 5.59. The zero-order valence-electron chi connectivity index (χ0n) is 21.6. The van der Waals surface area contributed by atoms with E-state index < -0.39 is 35.3 Å². The maximum absolute atomic E-state index is 14.0. The number of carbonyl (C=O) groups excluding carboxylic acids is 3. The second kappa shape index (κ2) is 10.3. The summed E-state index contributed by atoms with van der Waals surface area (Å²) in [5.74, 6) is 0.372. The van der Waals surface area contributed by atoms with Crippen molar-refractivity contribution in [3.05, 3.63) is 53.6 Å². The van der Waals surface area contributed by atoms with Crippen molar-refractivity contribution in [1.29, 1.82) is 0 Å². The van der Waals surface area contributed by atoms with E-state index in [1.807, 2.05) is 0 Å². The molecule has 0 aromatic heterocycles. The van der Waals surface area contributed by atoms with Gasteiger partial charge in [-0.25, -0.2) is 9.59 Å². The van der Waals surface area contributed by atoms with E-state index in [0.717, 1.165) is 0 Å². The van der Waals surface area contributed by atoms with Crippen molar-refractivity contribution in [2.75, 3.05) is 32.8 Å². The fourth-order valence-corrected chi connectivity index (χ4v) is 4.29. The van der Waals surface area contributed by atoms with Crippen LogP contribution in [0.3, 0.4) is 0 Å². The molecule has 0 fully saturated rings. The van der Waals surface area contributed by atoms with E-state index in [1.165, 1.54) is 19.1 Å². The number of rotatable bonds is 7. The Balaban J connectivity index is 2.28. The highest BCUT2D eigenvalue weighted by Gasteiger charge is 2.57. The molecule has 0 bridgehead atoms. The van der Waals surface area contributed by atoms with Crippen LogP contribution in [0.1, 0.15) is 44.9 Å². The molecule has 1 unspecified atom stereocenters. The number of fused-ring (bicyclic) bond motifs is 1. The number of benzene rings is 2. The van der Waals surface area contributed by atoms with Gasteiger partial charge in [-0.2, -0.15) is 0 Å². The number of amides is 3. The van der Waals surface area contributed by atoms with E-state index in [1.54, 1.807) is 77.2 Å². The van der Waals surface area contributed by atoms with Crippen molar-refractivity contribution in [1.82, 2.24) is 10.6 Å². The van der Waals surface area contributed by atoms with Gasteiger partial charge in [-0.15, -0.1) is 0 Å². The van der Waals surface area contributed by atoms with Gasteiger partial charge >= 0.3 is 12.2 Å². The molecule has 10 nitrogen and oxygen atoms in total. The van der Waals surface area contributed by atoms with E-state index >= 15 is 0 Å². The minimum Gasteiger partial charge on any atom is -0.493 e. The number of anilines is 1. The van der Waals surface area contributed by atoms with Gasteiger partial charge in [0.05, 0.1) is 26.9 Å². The highest BCUT2D eigenvalue weighted by molar-refractivity contribution is 6.09. The van der Waals surface area contributed by atoms with Crippen LogP contribution < -0.4 is 25.0 Å². The van der Waals surface area contributed by atoms with Crippen molar-refractivity contribution < 1.29 is 33.3 Å². The van der Waals surface area contributed by atoms with Gasteiger partial charge in [-0.05, 0) is 51.5 Å². The molecule has 3 amide bonds. The van der Waals surface area contributed by atoms with Crippen molar-refractivity contribution >= 4 is 23.8 Å². The molecule has 0 spiro atoms. The molecule has 2 N–H and O–H groups in total. The van der Waals surface area contributed by atoms with Gasteiger partial charge in [0.2, 0.25) is 0 Å². The molecule has 0 saturated heterocycles. The van der Waals surface area contributed by atoms with E-state index in [-0.39, 0.29) is 6.61 Å². The molecule has 3 rings (SSSR count). The summed E-state index contributed by atoms with van der Waals surface area (Å²) in [6, 6.07) is 10.9. The summed E-state index contributed by atoms with van der Waals surface area (Å²) in [6.45, 7) is 6.94. The summed E-state index contributed by atoms with van der Waals surface area (Å²) in [4.78, 5) is 41.3. The summed E-state index contributed by atoms with van der Waals surface area (Å²) >= 11 is 0. The van der Waals surface area contributed by atoms with Gasteiger partial charge < -0.3 is 34.5 Å². The van der Waals surface area contributed by atoms with Crippen molar-refractivity contribution in [2.45, 2.75) is 44.9 Å². The average Bonchev–Trinajstić information content (AvgIpc) is 3.03. The summed E-state index contributed by atoms with van der Waals surface area (Å²) in [5.41, 5.74) is -1.03. The molecule has 0 aliphatic carbocycles. The zero-order chi connectivity index (χ0) is 26.7. The summed E-state index contributed by atoms with van der Waals surface area (Å²) < 4.78 is 21.5. The van der Waals surface area contributed by atoms with E-state index in [0.29, 0.717) is 28.3 Å². The number of nitrogens with one attached hydrogen (secondary N) is 2. The van der Waals surface area contributed by atoms with Crippen molar-refractivity contribution in [3.63, 3.8) is 0 Å². The van der Waals surface area contributed by atoms with Gasteiger partial charge in [0.15, 0.2) is 17.0 Å². The highest BCUT2D eigenvalue weighted by atomic mass is 16.6. The Morgan fingerprint density at radius 2 is 1.69 bits per heavy atom. The first-order valence-electron chi connectivity index (χ1n) is 11.5. The molecule has 1 aliphatic rings. The van der Waals surface area contributed by atoms with E-state index in [4.69, 9.17) is 18.9 Å². The van der Waals surface area contributed by atoms with Crippen LogP contribution >= 0.6 is 0 Å². The number of carbonyl (C=O) groups is 3. The van der Waals surface area contributed by atoms with Crippen molar-refractivity contribution in [2.24, 2.45) is 0 Å². The van der Waals surface area contributed by atoms with Gasteiger partial charge in [0, 0.05) is 18.3 Å². The molecular formula is C26H33N3O7. The fourth-order valence-electron chi connectivity index (χ4n) is 4.29. The molecule has 0 radical (unpaired) electrons. The SMILES string of the molecule is CCOC(=O)NC1([C@@H](NC(=O)OC(C)(C)C)c2ccc(OC)c(OC)c2)C(=O)N(C)c2ccccc21. The molecule has 2 aromatic carbocycles. The third-order valence-electron chi connectivity index (χ3n) is 5.74. The Kier molecular flexibility index (Phi) is 7.66. The fraction of sp³-hybridized carbons (Fsp3) is 0.423. The molecule has 1 aliphatic heterocycles. The Hall–Kier alpha value is -3.95. The molecule has 194 valence electrons. The van der Waals surface area contributed by atoms with Gasteiger partial charge in [-0.1, -0.05) is 24.3 Å². The number of alkyl carbamates (subject to hydrolysis) is 2. The quantitative estimate of drug-likeness (QED) is 0.594. The molecule has 36 heavy (non-hydrogen) atoms. The number of hydrogen-bond donors (Lipinski definition) is 2. The number of likely N-dealkylation sites (N-methyl/N-ethyl adjacent to an activating group) is 1. The summed E-state index contributed by atoms with van der Waals surface area (Å²) in [7, 11) is 4.59. The number of methoxy groups -OCH3 is 2. The molecular weight excluding hydrogens is 466 g/mol. The first-order valence-corrected chi connectivity index (χ1v) is 11.5. The van der Waals surface area contributed by atoms with Crippen molar-refractivity contribution in [3.8, 4) is 11.5 Å². The Morgan fingerprint density at radius 1 is 1.03 bits per heavy atom. The molecule has 10 heteroatoms. The van der Waals surface area contributed by atoms with E-state index in [9.17, 15) is 14.4 Å². The Bertz CT molecular complexity index is 1140. The lowest BCUT2D eigenvalue weighted by atomic mass is 9.80. The molecule has 1 heterocycles. The van der Waals surface area contributed by atoms with Crippen LogP contribution in [0.4, 0.5) is 15.3 Å². The maximum Gasteiger partial charge on any atom is 0.408 e. The second-order valence-electron chi connectivity index (χ2n) is 9.23. The predicted octanol–water partition coefficient (Wildman–Crippen LogP) is 3.89. The number of nitrogens with zero attached hydrogens (tertiary/aromatic N) is 1. The number of para-hydroxylation sites is 1. The second-order valence-corrected chi connectivity index (χ2v) is 9.23. The topological polar surface area (TPSA) is 115 Å². The minimum atomic E-state index is -1.76. The molecule has 2 aromatic rings. The largest absolute Gasteiger partial charge is 0.493 e. The highest BCUT2D eigenvalue weighted by Crippen LogP contribution is 2.48. The Morgan fingerprint density at radius 3 is 2.31 bits per heavy atom. The van der Waals surface area contributed by atoms with Gasteiger partial charge in [0.1, 0.15) is 5.60 Å². The van der Waals surface area contributed by atoms with Crippen LogP contribution in [0, 0.1) is 0 Å². The summed E-state index contributed by atoms with van der Waals surface area (Å²) in [6.07, 6.45) is -1.58. The molecule has 0 saturated carbocycles. The maximum atomic E-state index is 14.0. The smallest absolute Gasteiger partial charge is 0.408 e. The molecule has 2 atom stereocenters. The minimum absolute atomic E-state index is 0.0914. The van der Waals surface area contributed by atoms with E-state index in [2.05, 4.69) is 10.6 Å². The average molecular weight is 500 g/mol. The van der Waals surface area contributed by atoms with Gasteiger partial charge in [0.25, 0.3) is 5.91 Å². The lowest BCUT2D eigenvalue weighted by Crippen LogP contribution is -2.60. The monoisotopic (exact) mass is 499 g/mol. The van der Waals surface area contributed by atoms with Crippen LogP contribution in [-0.2, 0) is 19.8 Å². The third kappa shape index (κ3) is 5.02. The standard InChI is InChI=1S/C26H33N3O7/c1-8-35-24(32)28-26(17-11-9-10-12-18(17)29(5)22(26)30)21(27-23(31)36-25(2,3)4)16-13-14-19(33-6)20(15-16)34-7/h9-15,21H,8H2,1-7H3,(H,27,31)(H,28,32)/t21-,26?/m0/s1. The number of hydrogen-bond acceptors (Lipinski definition) is 7. The van der Waals surface area contributed by atoms with Gasteiger partial charge in [-0.3, -0.25) is 4.79 Å². The number of ether oxygens (including phenoxy) is 4. The third-order valence-corrected chi connectivity index (χ3v) is 5.74. The predicted molar refractivity (Wildman–Crippen MR) is 133 cm³/mol. The normalized spacial score (nSPS) is 17.6. The van der Waals surface area contributed by atoms with Crippen LogP contribution in [0.25, 0.3) is 0 Å². The van der Waals surface area contributed by atoms with Crippen LogP contribution in [0.2, 0.25) is 0 Å². The Labute approximate surface area is 210 Å². The lowest BCUT2D eigenvalue weighted by molar-refractivity contribution is -0.125.